The molecule has 0 bridgehead atoms. The second-order valence-corrected chi connectivity index (χ2v) is 8.05. The molecule has 4 rings (SSSR count). The Morgan fingerprint density at radius 2 is 2.03 bits per heavy atom. The molecule has 32 heavy (non-hydrogen) atoms. The number of phenols is 1. The predicted octanol–water partition coefficient (Wildman–Crippen LogP) is 3.43. The molecule has 0 saturated carbocycles. The summed E-state index contributed by atoms with van der Waals surface area (Å²) in [6.07, 6.45) is 0.618. The van der Waals surface area contributed by atoms with Crippen molar-refractivity contribution < 1.29 is 23.8 Å². The number of aldehydes is 1. The van der Waals surface area contributed by atoms with Crippen LogP contribution in [0.3, 0.4) is 0 Å². The number of ether oxygens (including phenoxy) is 1. The summed E-state index contributed by atoms with van der Waals surface area (Å²) < 4.78 is 10.7. The summed E-state index contributed by atoms with van der Waals surface area (Å²) in [6, 6.07) is 8.90. The third kappa shape index (κ3) is 4.87. The van der Waals surface area contributed by atoms with E-state index in [1.807, 2.05) is 18.2 Å². The van der Waals surface area contributed by atoms with E-state index >= 15 is 0 Å². The smallest absolute Gasteiger partial charge is 0.315 e. The molecule has 8 nitrogen and oxygen atoms in total. The maximum absolute atomic E-state index is 11.7. The van der Waals surface area contributed by atoms with Crippen molar-refractivity contribution in [1.29, 1.82) is 0 Å². The van der Waals surface area contributed by atoms with Crippen LogP contribution in [0.1, 0.15) is 28.7 Å². The van der Waals surface area contributed by atoms with Crippen LogP contribution in [0.25, 0.3) is 11.1 Å². The van der Waals surface area contributed by atoms with Crippen LogP contribution in [0.5, 0.6) is 5.75 Å². The number of rotatable bonds is 7. The lowest BCUT2D eigenvalue weighted by Gasteiger charge is -2.36. The van der Waals surface area contributed by atoms with E-state index in [1.165, 1.54) is 0 Å². The summed E-state index contributed by atoms with van der Waals surface area (Å²) in [5.74, 6) is -0.102. The number of hydrogen-bond acceptors (Lipinski definition) is 8. The molecule has 1 N–H and O–H groups in total. The number of benzene rings is 2. The molecule has 1 aromatic heterocycles. The molecule has 0 radical (unpaired) electrons. The Kier molecular flexibility index (Phi) is 6.62. The Hall–Kier alpha value is -3.10. The van der Waals surface area contributed by atoms with Crippen molar-refractivity contribution in [2.45, 2.75) is 19.9 Å². The lowest BCUT2D eigenvalue weighted by atomic mass is 10.1. The van der Waals surface area contributed by atoms with Gasteiger partial charge >= 0.3 is 5.97 Å². The van der Waals surface area contributed by atoms with Crippen molar-refractivity contribution in [1.82, 2.24) is 9.88 Å². The Bertz CT molecular complexity index is 1140. The summed E-state index contributed by atoms with van der Waals surface area (Å²) in [5, 5.41) is 10.4. The number of carbonyl (C=O) groups excluding carboxylic acids is 2. The van der Waals surface area contributed by atoms with Crippen molar-refractivity contribution in [3.8, 4) is 5.75 Å². The first-order chi connectivity index (χ1) is 15.5. The van der Waals surface area contributed by atoms with E-state index in [0.717, 1.165) is 37.4 Å². The van der Waals surface area contributed by atoms with Gasteiger partial charge in [-0.2, -0.15) is 0 Å². The van der Waals surface area contributed by atoms with Crippen LogP contribution in [0, 0.1) is 0 Å². The number of fused-ring (bicyclic) bond motifs is 1. The monoisotopic (exact) mass is 457 g/mol. The van der Waals surface area contributed by atoms with Crippen molar-refractivity contribution in [3.63, 3.8) is 0 Å². The van der Waals surface area contributed by atoms with Crippen LogP contribution in [0.4, 0.5) is 5.69 Å². The van der Waals surface area contributed by atoms with Crippen LogP contribution >= 0.6 is 11.6 Å². The fourth-order valence-corrected chi connectivity index (χ4v) is 4.12. The number of piperazine rings is 1. The molecule has 0 amide bonds. The van der Waals surface area contributed by atoms with Gasteiger partial charge in [0.05, 0.1) is 17.2 Å². The van der Waals surface area contributed by atoms with E-state index in [-0.39, 0.29) is 29.6 Å². The minimum atomic E-state index is -0.387. The van der Waals surface area contributed by atoms with Gasteiger partial charge in [-0.1, -0.05) is 11.6 Å². The first-order valence-corrected chi connectivity index (χ1v) is 10.8. The van der Waals surface area contributed by atoms with E-state index < -0.39 is 0 Å². The Balaban J connectivity index is 1.40. The predicted molar refractivity (Wildman–Crippen MR) is 120 cm³/mol. The number of aromatic nitrogens is 1. The molecule has 168 valence electrons. The molecule has 1 aliphatic heterocycles. The van der Waals surface area contributed by atoms with Gasteiger partial charge in [0, 0.05) is 44.5 Å². The van der Waals surface area contributed by atoms with Crippen LogP contribution in [0.15, 0.2) is 34.7 Å². The Morgan fingerprint density at radius 3 is 2.72 bits per heavy atom. The largest absolute Gasteiger partial charge is 0.507 e. The van der Waals surface area contributed by atoms with Gasteiger partial charge in [-0.15, -0.1) is 0 Å². The third-order valence-electron chi connectivity index (χ3n) is 5.44. The first kappa shape index (κ1) is 22.1. The van der Waals surface area contributed by atoms with E-state index in [0.29, 0.717) is 35.6 Å². The minimum absolute atomic E-state index is 0.00254. The molecule has 1 saturated heterocycles. The molecule has 9 heteroatoms. The van der Waals surface area contributed by atoms with Gasteiger partial charge in [-0.05, 0) is 36.8 Å². The van der Waals surface area contributed by atoms with Gasteiger partial charge in [-0.3, -0.25) is 14.5 Å². The first-order valence-electron chi connectivity index (χ1n) is 10.5. The highest BCUT2D eigenvalue weighted by molar-refractivity contribution is 6.34. The van der Waals surface area contributed by atoms with Crippen LogP contribution in [-0.4, -0.2) is 60.0 Å². The minimum Gasteiger partial charge on any atom is -0.507 e. The van der Waals surface area contributed by atoms with Crippen molar-refractivity contribution in [3.05, 3.63) is 52.4 Å². The molecule has 1 aliphatic rings. The zero-order valence-electron chi connectivity index (χ0n) is 17.7. The number of nitrogens with zero attached hydrogens (tertiary/aromatic N) is 3. The fraction of sp³-hybridized carbons (Fsp3) is 0.348. The van der Waals surface area contributed by atoms with Gasteiger partial charge in [0.25, 0.3) is 0 Å². The maximum atomic E-state index is 11.7. The van der Waals surface area contributed by atoms with E-state index in [9.17, 15) is 14.7 Å². The van der Waals surface area contributed by atoms with Gasteiger partial charge in [-0.25, -0.2) is 4.98 Å². The summed E-state index contributed by atoms with van der Waals surface area (Å²) in [6.45, 7) is 6.01. The molecule has 0 spiro atoms. The second kappa shape index (κ2) is 9.58. The van der Waals surface area contributed by atoms with Crippen LogP contribution in [-0.2, 0) is 22.5 Å². The standard InChI is InChI=1S/C23H24ClN3O5/c1-2-31-22(30)12-21-25-23-18(24)9-15(10-20(23)32-21)13-26-5-7-27(8-6-26)17-4-3-16(14-28)19(29)11-17/h3-4,9-11,14,29H,2,5-8,12-13H2,1H3. The Morgan fingerprint density at radius 1 is 1.25 bits per heavy atom. The maximum Gasteiger partial charge on any atom is 0.315 e. The molecule has 3 aromatic rings. The van der Waals surface area contributed by atoms with Gasteiger partial charge in [0.2, 0.25) is 5.89 Å². The zero-order valence-corrected chi connectivity index (χ0v) is 18.5. The Labute approximate surface area is 190 Å². The number of hydrogen-bond donors (Lipinski definition) is 1. The van der Waals surface area contributed by atoms with E-state index in [2.05, 4.69) is 14.8 Å². The number of halogens is 1. The SMILES string of the molecule is CCOC(=O)Cc1nc2c(Cl)cc(CN3CCN(c4ccc(C=O)c(O)c4)CC3)cc2o1. The highest BCUT2D eigenvalue weighted by Crippen LogP contribution is 2.28. The van der Waals surface area contributed by atoms with E-state index in [1.54, 1.807) is 19.1 Å². The molecular weight excluding hydrogens is 434 g/mol. The molecule has 0 aliphatic carbocycles. The van der Waals surface area contributed by atoms with Gasteiger partial charge in [0.15, 0.2) is 11.9 Å². The number of oxazole rings is 1. The summed E-state index contributed by atoms with van der Waals surface area (Å²) >= 11 is 6.42. The molecule has 1 fully saturated rings. The summed E-state index contributed by atoms with van der Waals surface area (Å²) in [5.41, 5.74) is 3.28. The second-order valence-electron chi connectivity index (χ2n) is 7.64. The number of carbonyl (C=O) groups is 2. The number of aromatic hydroxyl groups is 1. The zero-order chi connectivity index (χ0) is 22.7. The van der Waals surface area contributed by atoms with Crippen LogP contribution in [0.2, 0.25) is 5.02 Å². The average Bonchev–Trinajstić information content (AvgIpc) is 3.17. The summed E-state index contributed by atoms with van der Waals surface area (Å²) in [7, 11) is 0. The van der Waals surface area contributed by atoms with Gasteiger partial charge < -0.3 is 19.2 Å². The molecule has 0 atom stereocenters. The fourth-order valence-electron chi connectivity index (χ4n) is 3.84. The highest BCUT2D eigenvalue weighted by atomic mass is 35.5. The van der Waals surface area contributed by atoms with Crippen LogP contribution < -0.4 is 4.90 Å². The van der Waals surface area contributed by atoms with Crippen molar-refractivity contribution >= 4 is 40.6 Å². The quantitative estimate of drug-likeness (QED) is 0.426. The summed E-state index contributed by atoms with van der Waals surface area (Å²) in [4.78, 5) is 31.4. The molecular formula is C23H24ClN3O5. The highest BCUT2D eigenvalue weighted by Gasteiger charge is 2.20. The van der Waals surface area contributed by atoms with E-state index in [4.69, 9.17) is 20.8 Å². The van der Waals surface area contributed by atoms with Gasteiger partial charge in [0.1, 0.15) is 17.7 Å². The van der Waals surface area contributed by atoms with Crippen molar-refractivity contribution in [2.75, 3.05) is 37.7 Å². The molecule has 2 heterocycles. The molecule has 0 unspecified atom stereocenters. The lowest BCUT2D eigenvalue weighted by molar-refractivity contribution is -0.142. The number of phenolic OH excluding ortho intramolecular Hbond substituents is 1. The normalized spacial score (nSPS) is 14.6. The third-order valence-corrected chi connectivity index (χ3v) is 5.73. The number of esters is 1. The topological polar surface area (TPSA) is 96.1 Å². The number of anilines is 1. The lowest BCUT2D eigenvalue weighted by Crippen LogP contribution is -2.45. The molecule has 2 aromatic carbocycles. The average molecular weight is 458 g/mol. The van der Waals surface area contributed by atoms with Crippen molar-refractivity contribution in [2.24, 2.45) is 0 Å².